The second-order valence-electron chi connectivity index (χ2n) is 3.09. The van der Waals surface area contributed by atoms with Crippen LogP contribution in [0.25, 0.3) is 0 Å². The number of ether oxygens (including phenoxy) is 3. The van der Waals surface area contributed by atoms with Gasteiger partial charge in [-0.3, -0.25) is 5.32 Å². The van der Waals surface area contributed by atoms with E-state index in [0.717, 1.165) is 0 Å². The van der Waals surface area contributed by atoms with Gasteiger partial charge in [0.25, 0.3) is 0 Å². The summed E-state index contributed by atoms with van der Waals surface area (Å²) in [5.74, 6) is 0.232. The molecule has 0 aliphatic carbocycles. The van der Waals surface area contributed by atoms with Crippen molar-refractivity contribution in [2.45, 2.75) is 6.92 Å². The number of carbonyl (C=O) groups excluding carboxylic acids is 1. The first kappa shape index (κ1) is 14.5. The highest BCUT2D eigenvalue weighted by atomic mass is 16.5. The Labute approximate surface area is 109 Å². The lowest BCUT2D eigenvalue weighted by Gasteiger charge is -2.06. The maximum absolute atomic E-state index is 11.1. The number of carbonyl (C=O) groups is 1. The maximum atomic E-state index is 11.1. The number of aliphatic imine (C=N–C) groups is 1. The van der Waals surface area contributed by atoms with Crippen LogP contribution in [0.5, 0.6) is 11.8 Å². The van der Waals surface area contributed by atoms with Crippen molar-refractivity contribution in [3.63, 3.8) is 0 Å². The first-order valence-electron chi connectivity index (χ1n) is 5.33. The Bertz CT molecular complexity index is 477. The van der Waals surface area contributed by atoms with E-state index in [0.29, 0.717) is 0 Å². The number of nitrogens with one attached hydrogen (secondary N) is 1. The number of nitrogens with zero attached hydrogens (tertiary/aromatic N) is 3. The van der Waals surface area contributed by atoms with Crippen molar-refractivity contribution >= 4 is 17.9 Å². The topological polar surface area (TPSA) is 121 Å². The average Bonchev–Trinajstić information content (AvgIpc) is 2.38. The molecule has 3 N–H and O–H groups in total. The minimum absolute atomic E-state index is 0.100. The van der Waals surface area contributed by atoms with E-state index in [1.807, 2.05) is 0 Å². The van der Waals surface area contributed by atoms with Gasteiger partial charge >= 0.3 is 12.1 Å². The zero-order valence-electron chi connectivity index (χ0n) is 10.8. The number of hydrogen-bond donors (Lipinski definition) is 2. The van der Waals surface area contributed by atoms with Gasteiger partial charge in [0.2, 0.25) is 11.8 Å². The summed E-state index contributed by atoms with van der Waals surface area (Å²) in [4.78, 5) is 22.8. The molecule has 0 radical (unpaired) electrons. The third-order valence-electron chi connectivity index (χ3n) is 1.85. The molecule has 9 nitrogen and oxygen atoms in total. The number of amides is 1. The van der Waals surface area contributed by atoms with Crippen molar-refractivity contribution in [3.05, 3.63) is 6.20 Å². The quantitative estimate of drug-likeness (QED) is 0.591. The number of nitrogens with two attached hydrogens (primary N) is 1. The highest BCUT2D eigenvalue weighted by Crippen LogP contribution is 2.25. The SMILES string of the molecule is CCOC(=O)NC(N)=Nc1nc(OC)ncc1OC. The number of aromatic nitrogens is 2. The first-order chi connectivity index (χ1) is 9.10. The van der Waals surface area contributed by atoms with Crippen LogP contribution in [0.15, 0.2) is 11.2 Å². The van der Waals surface area contributed by atoms with Gasteiger partial charge < -0.3 is 19.9 Å². The molecule has 0 fully saturated rings. The van der Waals surface area contributed by atoms with Crippen molar-refractivity contribution in [1.82, 2.24) is 15.3 Å². The van der Waals surface area contributed by atoms with E-state index in [1.54, 1.807) is 6.92 Å². The molecule has 1 aromatic rings. The molecule has 9 heteroatoms. The summed E-state index contributed by atoms with van der Waals surface area (Å²) in [6, 6.07) is 0.100. The van der Waals surface area contributed by atoms with E-state index >= 15 is 0 Å². The molecule has 0 unspecified atom stereocenters. The van der Waals surface area contributed by atoms with E-state index in [2.05, 4.69) is 25.0 Å². The van der Waals surface area contributed by atoms with Gasteiger partial charge in [0.15, 0.2) is 5.75 Å². The Hall–Kier alpha value is -2.58. The predicted octanol–water partition coefficient (Wildman–Crippen LogP) is 0.186. The molecule has 0 saturated carbocycles. The Morgan fingerprint density at radius 3 is 2.79 bits per heavy atom. The lowest BCUT2D eigenvalue weighted by atomic mass is 10.5. The summed E-state index contributed by atoms with van der Waals surface area (Å²) < 4.78 is 14.5. The van der Waals surface area contributed by atoms with Gasteiger partial charge in [-0.15, -0.1) is 0 Å². The van der Waals surface area contributed by atoms with Crippen molar-refractivity contribution < 1.29 is 19.0 Å². The van der Waals surface area contributed by atoms with Crippen molar-refractivity contribution in [3.8, 4) is 11.8 Å². The van der Waals surface area contributed by atoms with Crippen molar-refractivity contribution in [1.29, 1.82) is 0 Å². The molecule has 1 aromatic heterocycles. The zero-order valence-corrected chi connectivity index (χ0v) is 10.8. The molecule has 0 saturated heterocycles. The predicted molar refractivity (Wildman–Crippen MR) is 66.6 cm³/mol. The number of alkyl carbamates (subject to hydrolysis) is 1. The smallest absolute Gasteiger partial charge is 0.413 e. The van der Waals surface area contributed by atoms with Crippen LogP contribution in [0.1, 0.15) is 6.92 Å². The van der Waals surface area contributed by atoms with E-state index in [4.69, 9.17) is 15.2 Å². The Morgan fingerprint density at radius 2 is 2.21 bits per heavy atom. The fourth-order valence-corrected chi connectivity index (χ4v) is 1.08. The second kappa shape index (κ2) is 6.99. The van der Waals surface area contributed by atoms with Gasteiger partial charge in [0.05, 0.1) is 27.0 Å². The van der Waals surface area contributed by atoms with Gasteiger partial charge in [-0.1, -0.05) is 0 Å². The normalized spacial score (nSPS) is 10.8. The van der Waals surface area contributed by atoms with E-state index in [9.17, 15) is 4.79 Å². The van der Waals surface area contributed by atoms with Crippen molar-refractivity contribution in [2.24, 2.45) is 10.7 Å². The molecule has 104 valence electrons. The lowest BCUT2D eigenvalue weighted by molar-refractivity contribution is 0.157. The highest BCUT2D eigenvalue weighted by Gasteiger charge is 2.09. The summed E-state index contributed by atoms with van der Waals surface area (Å²) in [7, 11) is 2.84. The third-order valence-corrected chi connectivity index (χ3v) is 1.85. The fourth-order valence-electron chi connectivity index (χ4n) is 1.08. The number of rotatable bonds is 4. The van der Waals surface area contributed by atoms with Crippen LogP contribution >= 0.6 is 0 Å². The van der Waals surface area contributed by atoms with E-state index in [-0.39, 0.29) is 30.1 Å². The molecule has 1 amide bonds. The fraction of sp³-hybridized carbons (Fsp3) is 0.400. The molecule has 0 atom stereocenters. The Kier molecular flexibility index (Phi) is 5.33. The number of hydrogen-bond acceptors (Lipinski definition) is 7. The molecular weight excluding hydrogens is 254 g/mol. The Morgan fingerprint density at radius 1 is 1.47 bits per heavy atom. The second-order valence-corrected chi connectivity index (χ2v) is 3.09. The minimum atomic E-state index is -0.705. The van der Waals surface area contributed by atoms with Gasteiger partial charge in [-0.25, -0.2) is 4.79 Å². The van der Waals surface area contributed by atoms with Crippen LogP contribution in [-0.2, 0) is 4.74 Å². The standard InChI is InChI=1S/C10H15N5O4/c1-4-19-10(16)15-8(11)13-7-6(17-2)5-12-9(14-7)18-3/h5H,4H2,1-3H3,(H3,11,12,13,14,15,16). The average molecular weight is 269 g/mol. The largest absolute Gasteiger partial charge is 0.491 e. The number of guanidine groups is 1. The van der Waals surface area contributed by atoms with Crippen LogP contribution in [0.3, 0.4) is 0 Å². The van der Waals surface area contributed by atoms with Crippen LogP contribution in [0.4, 0.5) is 10.6 Å². The molecule has 0 aliphatic heterocycles. The summed E-state index contributed by atoms with van der Waals surface area (Å²) >= 11 is 0. The molecular formula is C10H15N5O4. The summed E-state index contributed by atoms with van der Waals surface area (Å²) in [6.07, 6.45) is 0.672. The molecule has 1 rings (SSSR count). The number of methoxy groups -OCH3 is 2. The molecule has 1 heterocycles. The van der Waals surface area contributed by atoms with Crippen LogP contribution in [0.2, 0.25) is 0 Å². The highest BCUT2D eigenvalue weighted by molar-refractivity contribution is 5.94. The third kappa shape index (κ3) is 4.30. The minimum Gasteiger partial charge on any atom is -0.491 e. The molecule has 0 bridgehead atoms. The van der Waals surface area contributed by atoms with E-state index in [1.165, 1.54) is 20.4 Å². The van der Waals surface area contributed by atoms with Crippen LogP contribution in [-0.4, -0.2) is 42.8 Å². The lowest BCUT2D eigenvalue weighted by Crippen LogP contribution is -2.36. The van der Waals surface area contributed by atoms with E-state index < -0.39 is 6.09 Å². The molecule has 0 aromatic carbocycles. The Balaban J connectivity index is 2.91. The van der Waals surface area contributed by atoms with Gasteiger partial charge in [-0.2, -0.15) is 15.0 Å². The van der Waals surface area contributed by atoms with Crippen LogP contribution in [0, 0.1) is 0 Å². The summed E-state index contributed by atoms with van der Waals surface area (Å²) in [5, 5.41) is 2.23. The zero-order chi connectivity index (χ0) is 14.3. The first-order valence-corrected chi connectivity index (χ1v) is 5.33. The maximum Gasteiger partial charge on any atom is 0.413 e. The van der Waals surface area contributed by atoms with Gasteiger partial charge in [0.1, 0.15) is 0 Å². The van der Waals surface area contributed by atoms with Crippen molar-refractivity contribution in [2.75, 3.05) is 20.8 Å². The van der Waals surface area contributed by atoms with Crippen LogP contribution < -0.4 is 20.5 Å². The molecule has 0 spiro atoms. The van der Waals surface area contributed by atoms with Gasteiger partial charge in [0, 0.05) is 0 Å². The van der Waals surface area contributed by atoms with Gasteiger partial charge in [-0.05, 0) is 6.92 Å². The molecule has 19 heavy (non-hydrogen) atoms. The summed E-state index contributed by atoms with van der Waals surface area (Å²) in [6.45, 7) is 1.90. The monoisotopic (exact) mass is 269 g/mol. The molecule has 0 aliphatic rings. The summed E-state index contributed by atoms with van der Waals surface area (Å²) in [5.41, 5.74) is 5.53.